The molecule has 0 saturated heterocycles. The number of hydrogen-bond donors (Lipinski definition) is 0. The molecular weight excluding hydrogens is 846 g/mol. The van der Waals surface area contributed by atoms with Crippen molar-refractivity contribution in [3.8, 4) is 0 Å². The van der Waals surface area contributed by atoms with E-state index >= 15 is 0 Å². The monoisotopic (exact) mass is 942 g/mol. The molecule has 10 heteroatoms. The second-order valence-corrected chi connectivity index (χ2v) is 19.6. The maximum Gasteiger partial charge on any atom is 0.306 e. The largest absolute Gasteiger partial charge is 0.756 e. The molecule has 0 bridgehead atoms. The minimum atomic E-state index is -4.65. The van der Waals surface area contributed by atoms with Crippen molar-refractivity contribution in [2.24, 2.45) is 0 Å². The van der Waals surface area contributed by atoms with Gasteiger partial charge < -0.3 is 27.9 Å². The van der Waals surface area contributed by atoms with Crippen LogP contribution in [-0.4, -0.2) is 70.0 Å². The Bertz CT molecular complexity index is 1440. The summed E-state index contributed by atoms with van der Waals surface area (Å²) in [4.78, 5) is 37.7. The summed E-state index contributed by atoms with van der Waals surface area (Å²) in [5, 5.41) is 0. The first kappa shape index (κ1) is 62.9. The van der Waals surface area contributed by atoms with Gasteiger partial charge in [0.25, 0.3) is 7.82 Å². The maximum atomic E-state index is 12.7. The minimum Gasteiger partial charge on any atom is -0.756 e. The third-order valence-corrected chi connectivity index (χ3v) is 11.6. The highest BCUT2D eigenvalue weighted by Gasteiger charge is 2.21. The average Bonchev–Trinajstić information content (AvgIpc) is 3.27. The van der Waals surface area contributed by atoms with E-state index in [1.165, 1.54) is 64.2 Å². The van der Waals surface area contributed by atoms with E-state index < -0.39 is 32.5 Å². The summed E-state index contributed by atoms with van der Waals surface area (Å²) in [5.74, 6) is -0.887. The molecular formula is C56H96NO8P. The van der Waals surface area contributed by atoms with Crippen LogP contribution in [0.25, 0.3) is 0 Å². The number of unbranched alkanes of at least 4 members (excludes halogenated alkanes) is 16. The SMILES string of the molecule is CC/C=C\C/C=C\C/C=C\C/C=C\C/C=C\CCCCCC(=O)OC(COC(=O)CCCCCCCCCC/C=C\C/C=C\C/C=C\CCCCCCC)COP(=O)([O-])OCC[N+](C)(C)C. The summed E-state index contributed by atoms with van der Waals surface area (Å²) in [7, 11) is 1.12. The Balaban J connectivity index is 4.34. The van der Waals surface area contributed by atoms with Crippen molar-refractivity contribution in [2.45, 2.75) is 200 Å². The van der Waals surface area contributed by atoms with E-state index in [1.54, 1.807) is 0 Å². The number of carbonyl (C=O) groups is 2. The lowest BCUT2D eigenvalue weighted by Gasteiger charge is -2.28. The number of quaternary nitrogens is 1. The molecule has 2 atom stereocenters. The Morgan fingerprint density at radius 3 is 1.30 bits per heavy atom. The summed E-state index contributed by atoms with van der Waals surface area (Å²) in [5.41, 5.74) is 0. The number of phosphoric ester groups is 1. The first-order valence-corrected chi connectivity index (χ1v) is 27.4. The number of hydrogen-bond acceptors (Lipinski definition) is 8. The molecule has 0 aliphatic heterocycles. The van der Waals surface area contributed by atoms with Crippen molar-refractivity contribution < 1.29 is 42.1 Å². The molecule has 0 aliphatic carbocycles. The first-order valence-electron chi connectivity index (χ1n) is 25.9. The molecule has 0 radical (unpaired) electrons. The van der Waals surface area contributed by atoms with E-state index in [1.807, 2.05) is 21.1 Å². The number of rotatable bonds is 46. The molecule has 378 valence electrons. The van der Waals surface area contributed by atoms with Crippen LogP contribution < -0.4 is 4.89 Å². The first-order chi connectivity index (χ1) is 32.0. The summed E-state index contributed by atoms with van der Waals surface area (Å²) in [6.45, 7) is 4.05. The number of ether oxygens (including phenoxy) is 2. The van der Waals surface area contributed by atoms with Gasteiger partial charge in [-0.05, 0) is 96.3 Å². The van der Waals surface area contributed by atoms with Gasteiger partial charge in [0.05, 0.1) is 27.7 Å². The van der Waals surface area contributed by atoms with Crippen LogP contribution in [0.4, 0.5) is 0 Å². The van der Waals surface area contributed by atoms with Crippen LogP contribution >= 0.6 is 7.82 Å². The zero-order valence-corrected chi connectivity index (χ0v) is 43.5. The molecule has 0 N–H and O–H groups in total. The van der Waals surface area contributed by atoms with E-state index in [0.29, 0.717) is 23.9 Å². The van der Waals surface area contributed by atoms with Crippen LogP contribution in [0.15, 0.2) is 97.2 Å². The summed E-state index contributed by atoms with van der Waals surface area (Å²) in [6, 6.07) is 0. The van der Waals surface area contributed by atoms with Crippen molar-refractivity contribution >= 4 is 19.8 Å². The lowest BCUT2D eigenvalue weighted by Crippen LogP contribution is -2.37. The molecule has 2 unspecified atom stereocenters. The standard InChI is InChI=1S/C56H96NO8P/c1-6-8-10-12-14-16-18-20-22-24-26-27-28-29-31-32-34-36-38-40-42-44-46-48-55(58)62-52-54(53-64-66(60,61)63-51-50-57(3,4)5)65-56(59)49-47-45-43-41-39-37-35-33-30-25-23-21-19-17-15-13-11-9-7-2/h9,11,15,17-18,20-21,23-24,26,28-30,33,37,39,54H,6-8,10,12-14,16,19,22,25,27,31-32,34-36,38,40-53H2,1-5H3/b11-9-,17-15-,20-18-,23-21-,26-24-,29-28-,33-30-,39-37-. The highest BCUT2D eigenvalue weighted by atomic mass is 31.2. The zero-order chi connectivity index (χ0) is 48.5. The predicted molar refractivity (Wildman–Crippen MR) is 277 cm³/mol. The van der Waals surface area contributed by atoms with Crippen molar-refractivity contribution in [3.63, 3.8) is 0 Å². The smallest absolute Gasteiger partial charge is 0.306 e. The molecule has 0 saturated carbocycles. The van der Waals surface area contributed by atoms with Gasteiger partial charge in [-0.25, -0.2) is 0 Å². The van der Waals surface area contributed by atoms with Crippen LogP contribution in [0.5, 0.6) is 0 Å². The fourth-order valence-corrected chi connectivity index (χ4v) is 7.30. The van der Waals surface area contributed by atoms with Crippen LogP contribution in [-0.2, 0) is 32.7 Å². The van der Waals surface area contributed by atoms with E-state index in [-0.39, 0.29) is 26.1 Å². The Morgan fingerprint density at radius 2 is 0.864 bits per heavy atom. The molecule has 0 amide bonds. The normalized spacial score (nSPS) is 14.2. The Morgan fingerprint density at radius 1 is 0.485 bits per heavy atom. The number of likely N-dealkylation sites (N-methyl/N-ethyl adjacent to an activating group) is 1. The van der Waals surface area contributed by atoms with Gasteiger partial charge in [-0.2, -0.15) is 0 Å². The van der Waals surface area contributed by atoms with Crippen LogP contribution in [0.1, 0.15) is 194 Å². The summed E-state index contributed by atoms with van der Waals surface area (Å²) in [6.07, 6.45) is 62.9. The van der Waals surface area contributed by atoms with Gasteiger partial charge in [0.2, 0.25) is 0 Å². The minimum absolute atomic E-state index is 0.0444. The maximum absolute atomic E-state index is 12.7. The predicted octanol–water partition coefficient (Wildman–Crippen LogP) is 15.1. The fraction of sp³-hybridized carbons (Fsp3) is 0.679. The van der Waals surface area contributed by atoms with Crippen LogP contribution in [0, 0.1) is 0 Å². The van der Waals surface area contributed by atoms with Gasteiger partial charge in [-0.1, -0.05) is 182 Å². The van der Waals surface area contributed by atoms with Gasteiger partial charge in [-0.15, -0.1) is 0 Å². The van der Waals surface area contributed by atoms with E-state index in [0.717, 1.165) is 89.9 Å². The molecule has 0 rings (SSSR count). The molecule has 66 heavy (non-hydrogen) atoms. The van der Waals surface area contributed by atoms with E-state index in [9.17, 15) is 19.0 Å². The van der Waals surface area contributed by atoms with Crippen LogP contribution in [0.3, 0.4) is 0 Å². The number of allylic oxidation sites excluding steroid dienone is 16. The average molecular weight is 942 g/mol. The second kappa shape index (κ2) is 47.0. The van der Waals surface area contributed by atoms with Crippen LogP contribution in [0.2, 0.25) is 0 Å². The topological polar surface area (TPSA) is 111 Å². The Hall–Kier alpha value is -3.07. The molecule has 0 aromatic carbocycles. The number of carbonyl (C=O) groups excluding carboxylic acids is 2. The fourth-order valence-electron chi connectivity index (χ4n) is 6.57. The molecule has 0 aromatic rings. The van der Waals surface area contributed by atoms with E-state index in [4.69, 9.17) is 18.5 Å². The third kappa shape index (κ3) is 50.3. The highest BCUT2D eigenvalue weighted by Crippen LogP contribution is 2.38. The Labute approximate surface area is 404 Å². The molecule has 0 spiro atoms. The lowest BCUT2D eigenvalue weighted by atomic mass is 10.1. The van der Waals surface area contributed by atoms with Gasteiger partial charge in [-0.3, -0.25) is 14.2 Å². The number of nitrogens with zero attached hydrogens (tertiary/aromatic N) is 1. The lowest BCUT2D eigenvalue weighted by molar-refractivity contribution is -0.870. The van der Waals surface area contributed by atoms with Gasteiger partial charge in [0.15, 0.2) is 6.10 Å². The van der Waals surface area contributed by atoms with Crippen molar-refractivity contribution in [1.29, 1.82) is 0 Å². The quantitative estimate of drug-likeness (QED) is 0.0195. The number of esters is 2. The summed E-state index contributed by atoms with van der Waals surface area (Å²) >= 11 is 0. The molecule has 0 fully saturated rings. The van der Waals surface area contributed by atoms with Crippen molar-refractivity contribution in [1.82, 2.24) is 0 Å². The van der Waals surface area contributed by atoms with E-state index in [2.05, 4.69) is 111 Å². The molecule has 0 heterocycles. The number of phosphoric acid groups is 1. The highest BCUT2D eigenvalue weighted by molar-refractivity contribution is 7.45. The van der Waals surface area contributed by atoms with Crippen molar-refractivity contribution in [2.75, 3.05) is 47.5 Å². The third-order valence-electron chi connectivity index (χ3n) is 10.6. The van der Waals surface area contributed by atoms with Gasteiger partial charge in [0.1, 0.15) is 19.8 Å². The molecule has 9 nitrogen and oxygen atoms in total. The Kier molecular flexibility index (Phi) is 44.8. The molecule has 0 aromatic heterocycles. The molecule has 0 aliphatic rings. The van der Waals surface area contributed by atoms with Gasteiger partial charge in [0, 0.05) is 12.8 Å². The second-order valence-electron chi connectivity index (χ2n) is 18.1. The van der Waals surface area contributed by atoms with Gasteiger partial charge >= 0.3 is 11.9 Å². The zero-order valence-electron chi connectivity index (χ0n) is 42.6. The van der Waals surface area contributed by atoms with Crippen molar-refractivity contribution in [3.05, 3.63) is 97.2 Å². The summed E-state index contributed by atoms with van der Waals surface area (Å²) < 4.78 is 34.0.